The van der Waals surface area contributed by atoms with Crippen LogP contribution in [0.1, 0.15) is 43.7 Å². The van der Waals surface area contributed by atoms with Gasteiger partial charge in [0.05, 0.1) is 0 Å². The van der Waals surface area contributed by atoms with Crippen molar-refractivity contribution in [3.63, 3.8) is 0 Å². The minimum absolute atomic E-state index is 0.133. The molecule has 0 bridgehead atoms. The van der Waals surface area contributed by atoms with Crippen molar-refractivity contribution < 1.29 is 0 Å². The van der Waals surface area contributed by atoms with E-state index >= 15 is 0 Å². The Morgan fingerprint density at radius 2 is 2.00 bits per heavy atom. The zero-order valence-corrected chi connectivity index (χ0v) is 12.3. The van der Waals surface area contributed by atoms with Gasteiger partial charge in [-0.3, -0.25) is 9.36 Å². The molecule has 0 atom stereocenters. The number of pyridine rings is 1. The third-order valence-electron chi connectivity index (χ3n) is 3.92. The summed E-state index contributed by atoms with van der Waals surface area (Å²) in [6.45, 7) is 6.75. The Morgan fingerprint density at radius 3 is 2.63 bits per heavy atom. The van der Waals surface area contributed by atoms with Crippen LogP contribution in [0.5, 0.6) is 0 Å². The van der Waals surface area contributed by atoms with E-state index in [4.69, 9.17) is 5.73 Å². The van der Waals surface area contributed by atoms with Gasteiger partial charge in [0.25, 0.3) is 5.56 Å². The Bertz CT molecular complexity index is 505. The first-order valence-corrected chi connectivity index (χ1v) is 7.24. The fraction of sp³-hybridized carbons (Fsp3) is 0.667. The van der Waals surface area contributed by atoms with Crippen LogP contribution >= 0.6 is 0 Å². The molecule has 2 N–H and O–H groups in total. The largest absolute Gasteiger partial charge is 0.361 e. The van der Waals surface area contributed by atoms with Crippen LogP contribution in [-0.2, 0) is 13.0 Å². The first-order valence-electron chi connectivity index (χ1n) is 7.24. The molecular formula is C15H25N3O. The normalized spacial score (nSPS) is 15.5. The van der Waals surface area contributed by atoms with Gasteiger partial charge in [0.2, 0.25) is 0 Å². The lowest BCUT2D eigenvalue weighted by Gasteiger charge is -2.26. The van der Waals surface area contributed by atoms with E-state index in [2.05, 4.69) is 25.8 Å². The summed E-state index contributed by atoms with van der Waals surface area (Å²) in [5.41, 5.74) is 8.34. The average Bonchev–Trinajstić information content (AvgIpc) is 2.55. The molecule has 0 spiro atoms. The molecule has 0 saturated heterocycles. The number of aromatic nitrogens is 1. The van der Waals surface area contributed by atoms with Gasteiger partial charge in [-0.1, -0.05) is 13.8 Å². The maximum absolute atomic E-state index is 12.3. The number of nitrogens with zero attached hydrogens (tertiary/aromatic N) is 2. The first kappa shape index (κ1) is 14.1. The van der Waals surface area contributed by atoms with E-state index in [1.165, 1.54) is 5.56 Å². The van der Waals surface area contributed by atoms with Gasteiger partial charge in [0, 0.05) is 26.2 Å². The van der Waals surface area contributed by atoms with Crippen molar-refractivity contribution in [1.82, 2.24) is 4.57 Å². The zero-order chi connectivity index (χ0) is 14.0. The monoisotopic (exact) mass is 263 g/mol. The van der Waals surface area contributed by atoms with Crippen molar-refractivity contribution >= 4 is 5.82 Å². The van der Waals surface area contributed by atoms with E-state index < -0.39 is 0 Å². The molecule has 1 aromatic heterocycles. The number of anilines is 1. The highest BCUT2D eigenvalue weighted by Crippen LogP contribution is 2.29. The molecule has 0 saturated carbocycles. The fourth-order valence-corrected chi connectivity index (χ4v) is 2.99. The van der Waals surface area contributed by atoms with Gasteiger partial charge in [-0.2, -0.15) is 0 Å². The Morgan fingerprint density at radius 1 is 1.32 bits per heavy atom. The summed E-state index contributed by atoms with van der Waals surface area (Å²) in [4.78, 5) is 14.6. The summed E-state index contributed by atoms with van der Waals surface area (Å²) >= 11 is 0. The van der Waals surface area contributed by atoms with Gasteiger partial charge in [-0.25, -0.2) is 0 Å². The van der Waals surface area contributed by atoms with Crippen LogP contribution in [0, 0.1) is 0 Å². The summed E-state index contributed by atoms with van der Waals surface area (Å²) in [7, 11) is 2.08. The van der Waals surface area contributed by atoms with Gasteiger partial charge in [-0.15, -0.1) is 0 Å². The van der Waals surface area contributed by atoms with Crippen LogP contribution in [0.15, 0.2) is 10.9 Å². The molecule has 0 unspecified atom stereocenters. The predicted molar refractivity (Wildman–Crippen MR) is 80.1 cm³/mol. The molecule has 0 amide bonds. The topological polar surface area (TPSA) is 51.3 Å². The summed E-state index contributed by atoms with van der Waals surface area (Å²) in [5, 5.41) is 0. The van der Waals surface area contributed by atoms with E-state index in [9.17, 15) is 4.79 Å². The minimum Gasteiger partial charge on any atom is -0.361 e. The molecular weight excluding hydrogens is 238 g/mol. The summed E-state index contributed by atoms with van der Waals surface area (Å²) in [6, 6.07) is 1.82. The molecule has 0 radical (unpaired) electrons. The van der Waals surface area contributed by atoms with Crippen molar-refractivity contribution in [3.05, 3.63) is 27.5 Å². The molecule has 0 fully saturated rings. The van der Waals surface area contributed by atoms with Crippen LogP contribution in [0.4, 0.5) is 5.82 Å². The third kappa shape index (κ3) is 2.68. The van der Waals surface area contributed by atoms with Gasteiger partial charge < -0.3 is 10.6 Å². The molecule has 0 aromatic carbocycles. The Balaban J connectivity index is 2.69. The second-order valence-electron chi connectivity index (χ2n) is 5.71. The third-order valence-corrected chi connectivity index (χ3v) is 3.92. The van der Waals surface area contributed by atoms with Crippen LogP contribution in [0.25, 0.3) is 0 Å². The highest BCUT2D eigenvalue weighted by molar-refractivity contribution is 5.53. The predicted octanol–water partition coefficient (Wildman–Crippen LogP) is 1.70. The lowest BCUT2D eigenvalue weighted by Crippen LogP contribution is -2.30. The van der Waals surface area contributed by atoms with Crippen LogP contribution in [0.2, 0.25) is 0 Å². The molecule has 4 nitrogen and oxygen atoms in total. The molecule has 1 aliphatic heterocycles. The maximum atomic E-state index is 12.3. The molecule has 19 heavy (non-hydrogen) atoms. The summed E-state index contributed by atoms with van der Waals surface area (Å²) < 4.78 is 1.93. The van der Waals surface area contributed by atoms with Gasteiger partial charge >= 0.3 is 0 Å². The van der Waals surface area contributed by atoms with Gasteiger partial charge in [0.1, 0.15) is 5.82 Å². The first-order chi connectivity index (χ1) is 9.06. The van der Waals surface area contributed by atoms with Gasteiger partial charge in [-0.05, 0) is 42.9 Å². The molecule has 2 heterocycles. The van der Waals surface area contributed by atoms with Gasteiger partial charge in [0.15, 0.2) is 0 Å². The van der Waals surface area contributed by atoms with Crippen molar-refractivity contribution in [3.8, 4) is 0 Å². The second kappa shape index (κ2) is 5.78. The average molecular weight is 263 g/mol. The molecule has 1 aromatic rings. The smallest absolute Gasteiger partial charge is 0.252 e. The van der Waals surface area contributed by atoms with Crippen molar-refractivity contribution in [1.29, 1.82) is 0 Å². The van der Waals surface area contributed by atoms with E-state index in [1.54, 1.807) is 0 Å². The van der Waals surface area contributed by atoms with Crippen molar-refractivity contribution in [2.75, 3.05) is 25.0 Å². The second-order valence-corrected chi connectivity index (χ2v) is 5.71. The lowest BCUT2D eigenvalue weighted by molar-refractivity contribution is 0.631. The Hall–Kier alpha value is -1.29. The van der Waals surface area contributed by atoms with Crippen molar-refractivity contribution in [2.45, 2.75) is 45.6 Å². The Kier molecular flexibility index (Phi) is 4.30. The minimum atomic E-state index is 0.133. The number of fused-ring (bicyclic) bond motifs is 1. The highest BCUT2D eigenvalue weighted by atomic mass is 16.1. The molecule has 106 valence electrons. The van der Waals surface area contributed by atoms with Crippen LogP contribution in [0.3, 0.4) is 0 Å². The zero-order valence-electron chi connectivity index (χ0n) is 12.3. The molecule has 2 rings (SSSR count). The molecule has 4 heteroatoms. The molecule has 0 aliphatic carbocycles. The Labute approximate surface area is 115 Å². The fourth-order valence-electron chi connectivity index (χ4n) is 2.99. The lowest BCUT2D eigenvalue weighted by atomic mass is 9.95. The number of hydrogen-bond acceptors (Lipinski definition) is 3. The number of nitrogens with two attached hydrogens (primary N) is 1. The number of hydrogen-bond donors (Lipinski definition) is 1. The number of rotatable bonds is 3. The van der Waals surface area contributed by atoms with E-state index in [0.717, 1.165) is 43.7 Å². The summed E-state index contributed by atoms with van der Waals surface area (Å²) in [5.74, 6) is 1.45. The quantitative estimate of drug-likeness (QED) is 0.903. The maximum Gasteiger partial charge on any atom is 0.252 e. The van der Waals surface area contributed by atoms with E-state index in [1.807, 2.05) is 10.6 Å². The van der Waals surface area contributed by atoms with Crippen molar-refractivity contribution in [2.24, 2.45) is 5.73 Å². The van der Waals surface area contributed by atoms with Crippen LogP contribution in [-0.4, -0.2) is 24.7 Å². The molecule has 1 aliphatic rings. The highest BCUT2D eigenvalue weighted by Gasteiger charge is 2.21. The van der Waals surface area contributed by atoms with Crippen LogP contribution < -0.4 is 16.2 Å². The van der Waals surface area contributed by atoms with E-state index in [-0.39, 0.29) is 5.56 Å². The van der Waals surface area contributed by atoms with E-state index in [0.29, 0.717) is 12.5 Å². The standard InChI is InChI=1S/C15H25N3O/c1-11(2)13-10-14(19)18-9-5-4-8-17(3)15(18)12(13)6-7-16/h10-11H,4-9,16H2,1-3H3. The summed E-state index contributed by atoms with van der Waals surface area (Å²) in [6.07, 6.45) is 3.05. The SMILES string of the molecule is CC(C)c1cc(=O)n2c(c1CCN)N(C)CCCC2.